The Balaban J connectivity index is 1.90. The average Bonchev–Trinajstić information content (AvgIpc) is 2.91. The molecule has 1 atom stereocenters. The number of likely N-dealkylation sites (N-methyl/N-ethyl adjacent to an activating group) is 1. The molecule has 0 radical (unpaired) electrons. The summed E-state index contributed by atoms with van der Waals surface area (Å²) in [6.07, 6.45) is 7.47. The van der Waals surface area contributed by atoms with Crippen molar-refractivity contribution >= 4 is 17.2 Å². The molecular weight excluding hydrogens is 448 g/mol. The number of hydrogen-bond donors (Lipinski definition) is 1. The zero-order valence-electron chi connectivity index (χ0n) is 22.3. The Labute approximate surface area is 215 Å². The van der Waals surface area contributed by atoms with Gasteiger partial charge in [0.2, 0.25) is 0 Å². The van der Waals surface area contributed by atoms with Gasteiger partial charge in [0.15, 0.2) is 0 Å². The second kappa shape index (κ2) is 11.6. The monoisotopic (exact) mass is 487 g/mol. The van der Waals surface area contributed by atoms with Crippen LogP contribution in [-0.4, -0.2) is 44.8 Å². The number of benzene rings is 2. The van der Waals surface area contributed by atoms with Crippen molar-refractivity contribution in [3.8, 4) is 5.75 Å². The summed E-state index contributed by atoms with van der Waals surface area (Å²) < 4.78 is 12.2. The first-order valence-corrected chi connectivity index (χ1v) is 13.4. The first kappa shape index (κ1) is 25.8. The summed E-state index contributed by atoms with van der Waals surface area (Å²) in [6.45, 7) is 15.1. The summed E-state index contributed by atoms with van der Waals surface area (Å²) in [6, 6.07) is 14.4. The van der Waals surface area contributed by atoms with E-state index in [0.29, 0.717) is 12.2 Å². The van der Waals surface area contributed by atoms with E-state index in [1.54, 1.807) is 0 Å². The number of nitrogens with one attached hydrogen (secondary N) is 1. The fourth-order valence-corrected chi connectivity index (χ4v) is 5.15. The lowest BCUT2D eigenvalue weighted by molar-refractivity contribution is -0.908. The number of quaternary nitrogens is 1. The highest BCUT2D eigenvalue weighted by atomic mass is 16.5. The third-order valence-electron chi connectivity index (χ3n) is 7.15. The third kappa shape index (κ3) is 4.98. The number of allylic oxidation sites excluding steroid dienone is 1. The predicted molar refractivity (Wildman–Crippen MR) is 147 cm³/mol. The number of carbonyl (C=O) groups excluding carboxylic acids is 1. The molecule has 0 amide bonds. The summed E-state index contributed by atoms with van der Waals surface area (Å²) >= 11 is 0. The van der Waals surface area contributed by atoms with Crippen molar-refractivity contribution in [2.45, 2.75) is 47.1 Å². The minimum atomic E-state index is -0.288. The van der Waals surface area contributed by atoms with E-state index in [-0.39, 0.29) is 12.0 Å². The highest BCUT2D eigenvalue weighted by molar-refractivity contribution is 6.01. The first-order valence-electron chi connectivity index (χ1n) is 13.4. The maximum absolute atomic E-state index is 13.1. The number of rotatable bonds is 10. The van der Waals surface area contributed by atoms with Gasteiger partial charge in [0.05, 0.1) is 25.3 Å². The molecule has 5 nitrogen and oxygen atoms in total. The van der Waals surface area contributed by atoms with E-state index in [9.17, 15) is 4.79 Å². The third-order valence-corrected chi connectivity index (χ3v) is 7.15. The number of ether oxygens (including phenoxy) is 2. The minimum absolute atomic E-state index is 0.247. The van der Waals surface area contributed by atoms with Crippen LogP contribution >= 0.6 is 0 Å². The Morgan fingerprint density at radius 3 is 2.44 bits per heavy atom. The largest absolute Gasteiger partial charge is 0.462 e. The van der Waals surface area contributed by atoms with Crippen LogP contribution in [0.15, 0.2) is 72.0 Å². The lowest BCUT2D eigenvalue weighted by atomic mass is 9.85. The molecule has 190 valence electrons. The molecule has 1 aliphatic carbocycles. The van der Waals surface area contributed by atoms with E-state index in [0.717, 1.165) is 72.1 Å². The molecule has 2 aliphatic rings. The van der Waals surface area contributed by atoms with Crippen molar-refractivity contribution in [1.29, 1.82) is 0 Å². The lowest BCUT2D eigenvalue weighted by Crippen LogP contribution is -3.14. The molecule has 0 spiro atoms. The van der Waals surface area contributed by atoms with Crippen molar-refractivity contribution < 1.29 is 19.2 Å². The molecule has 0 saturated heterocycles. The molecule has 0 aromatic heterocycles. The number of nitrogens with zero attached hydrogens (tertiary/aromatic N) is 1. The van der Waals surface area contributed by atoms with Crippen LogP contribution < -0.4 is 14.5 Å². The van der Waals surface area contributed by atoms with E-state index in [2.05, 4.69) is 69.0 Å². The Bertz CT molecular complexity index is 1190. The van der Waals surface area contributed by atoms with Gasteiger partial charge in [0.25, 0.3) is 0 Å². The normalized spacial score (nSPS) is 16.3. The second-order valence-corrected chi connectivity index (χ2v) is 9.21. The zero-order valence-corrected chi connectivity index (χ0v) is 22.3. The summed E-state index contributed by atoms with van der Waals surface area (Å²) in [7, 11) is 0. The molecule has 2 aromatic carbocycles. The number of anilines is 1. The molecule has 4 rings (SSSR count). The van der Waals surface area contributed by atoms with Gasteiger partial charge in [-0.1, -0.05) is 25.1 Å². The predicted octanol–water partition coefficient (Wildman–Crippen LogP) is 5.04. The molecular formula is C31H39N2O3+. The van der Waals surface area contributed by atoms with Crippen molar-refractivity contribution in [3.05, 3.63) is 88.7 Å². The Hall–Kier alpha value is -3.31. The maximum atomic E-state index is 13.1. The Morgan fingerprint density at radius 1 is 1.00 bits per heavy atom. The van der Waals surface area contributed by atoms with Gasteiger partial charge in [-0.2, -0.15) is 0 Å². The SMILES string of the molecule is CCCOC(=O)c1ccccc1C1=C2C=CC([NH+](CC)CC)C=C2Oc2cc(N(CC)CC)ccc21. The fourth-order valence-electron chi connectivity index (χ4n) is 5.15. The van der Waals surface area contributed by atoms with Crippen LogP contribution in [0.3, 0.4) is 0 Å². The van der Waals surface area contributed by atoms with Crippen molar-refractivity contribution in [2.24, 2.45) is 0 Å². The van der Waals surface area contributed by atoms with E-state index in [1.165, 1.54) is 4.90 Å². The van der Waals surface area contributed by atoms with Gasteiger partial charge < -0.3 is 19.3 Å². The van der Waals surface area contributed by atoms with Crippen LogP contribution in [0.5, 0.6) is 5.75 Å². The summed E-state index contributed by atoms with van der Waals surface area (Å²) in [4.78, 5) is 16.9. The van der Waals surface area contributed by atoms with E-state index in [4.69, 9.17) is 9.47 Å². The number of hydrogen-bond acceptors (Lipinski definition) is 4. The van der Waals surface area contributed by atoms with Gasteiger partial charge in [-0.05, 0) is 70.0 Å². The molecule has 1 N–H and O–H groups in total. The number of esters is 1. The van der Waals surface area contributed by atoms with Gasteiger partial charge in [0, 0.05) is 47.6 Å². The summed E-state index contributed by atoms with van der Waals surface area (Å²) in [5, 5.41) is 0. The van der Waals surface area contributed by atoms with Crippen molar-refractivity contribution in [2.75, 3.05) is 37.7 Å². The Morgan fingerprint density at radius 2 is 1.75 bits per heavy atom. The molecule has 1 aliphatic heterocycles. The molecule has 0 fully saturated rings. The Kier molecular flexibility index (Phi) is 8.32. The first-order chi connectivity index (χ1) is 17.6. The highest BCUT2D eigenvalue weighted by Crippen LogP contribution is 2.45. The van der Waals surface area contributed by atoms with Gasteiger partial charge in [0.1, 0.15) is 17.6 Å². The average molecular weight is 488 g/mol. The van der Waals surface area contributed by atoms with E-state index >= 15 is 0 Å². The quantitative estimate of drug-likeness (QED) is 0.477. The van der Waals surface area contributed by atoms with E-state index in [1.807, 2.05) is 31.2 Å². The van der Waals surface area contributed by atoms with Crippen LogP contribution in [-0.2, 0) is 4.74 Å². The molecule has 0 saturated carbocycles. The van der Waals surface area contributed by atoms with Crippen LogP contribution in [0.25, 0.3) is 5.57 Å². The smallest absolute Gasteiger partial charge is 0.338 e. The molecule has 2 aromatic rings. The van der Waals surface area contributed by atoms with E-state index < -0.39 is 0 Å². The number of carbonyl (C=O) groups is 1. The van der Waals surface area contributed by atoms with Gasteiger partial charge >= 0.3 is 5.97 Å². The van der Waals surface area contributed by atoms with Crippen LogP contribution in [0.2, 0.25) is 0 Å². The molecule has 5 heteroatoms. The van der Waals surface area contributed by atoms with Crippen LogP contribution in [0, 0.1) is 0 Å². The lowest BCUT2D eigenvalue weighted by Gasteiger charge is -2.31. The summed E-state index contributed by atoms with van der Waals surface area (Å²) in [5.41, 5.74) is 5.61. The van der Waals surface area contributed by atoms with Crippen molar-refractivity contribution in [1.82, 2.24) is 0 Å². The zero-order chi connectivity index (χ0) is 25.7. The van der Waals surface area contributed by atoms with Gasteiger partial charge in [-0.15, -0.1) is 0 Å². The van der Waals surface area contributed by atoms with Crippen LogP contribution in [0.1, 0.15) is 62.5 Å². The standard InChI is InChI=1S/C31H38N2O3/c1-6-19-35-31(34)25-14-12-11-13-24(25)30-26-17-15-22(32(7-2)8-3)20-28(26)36-29-21-23(16-18-27(29)30)33(9-4)10-5/h11-18,20-22H,6-10,19H2,1-5H3/p+1. The van der Waals surface area contributed by atoms with Gasteiger partial charge in [-0.3, -0.25) is 0 Å². The molecule has 1 unspecified atom stereocenters. The fraction of sp³-hybridized carbons (Fsp3) is 0.387. The minimum Gasteiger partial charge on any atom is -0.462 e. The maximum Gasteiger partial charge on any atom is 0.338 e. The molecule has 1 heterocycles. The topological polar surface area (TPSA) is 43.2 Å². The van der Waals surface area contributed by atoms with Gasteiger partial charge in [-0.25, -0.2) is 4.79 Å². The number of fused-ring (bicyclic) bond motifs is 2. The summed E-state index contributed by atoms with van der Waals surface area (Å²) in [5.74, 6) is 1.40. The molecule has 0 bridgehead atoms. The molecule has 36 heavy (non-hydrogen) atoms. The highest BCUT2D eigenvalue weighted by Gasteiger charge is 2.31. The second-order valence-electron chi connectivity index (χ2n) is 9.21. The van der Waals surface area contributed by atoms with Crippen LogP contribution in [0.4, 0.5) is 5.69 Å². The van der Waals surface area contributed by atoms with Crippen molar-refractivity contribution in [3.63, 3.8) is 0 Å².